The Kier molecular flexibility index (Phi) is 5.26. The normalized spacial score (nSPS) is 14.4. The van der Waals surface area contributed by atoms with Crippen molar-refractivity contribution in [2.45, 2.75) is 26.7 Å². The maximum atomic E-state index is 12.7. The minimum atomic E-state index is -0.884. The molecule has 1 N–H and O–H groups in total. The molecule has 0 radical (unpaired) electrons. The molecule has 2 aromatic carbocycles. The summed E-state index contributed by atoms with van der Waals surface area (Å²) in [6, 6.07) is 16.7. The summed E-state index contributed by atoms with van der Waals surface area (Å²) >= 11 is 0. The van der Waals surface area contributed by atoms with E-state index in [-0.39, 0.29) is 11.8 Å². The highest BCUT2D eigenvalue weighted by molar-refractivity contribution is 6.13. The van der Waals surface area contributed by atoms with Gasteiger partial charge in [0, 0.05) is 18.8 Å². The maximum absolute atomic E-state index is 12.7. The predicted octanol–water partition coefficient (Wildman–Crippen LogP) is 4.07. The molecule has 3 rings (SSSR count). The fraction of sp³-hybridized carbons (Fsp3) is 0.333. The lowest BCUT2D eigenvalue weighted by Gasteiger charge is -2.24. The van der Waals surface area contributed by atoms with Crippen molar-refractivity contribution in [1.29, 1.82) is 0 Å². The quantitative estimate of drug-likeness (QED) is 0.764. The number of nitrogens with zero attached hydrogens (tertiary/aromatic N) is 1. The first-order valence-electron chi connectivity index (χ1n) is 9.03. The highest BCUT2D eigenvalue weighted by atomic mass is 16.5. The molecule has 0 aromatic heterocycles. The summed E-state index contributed by atoms with van der Waals surface area (Å²) in [7, 11) is 0. The Bertz CT molecular complexity index is 764. The second-order valence-electron chi connectivity index (χ2n) is 6.45. The van der Waals surface area contributed by atoms with Gasteiger partial charge in [-0.15, -0.1) is 0 Å². The van der Waals surface area contributed by atoms with E-state index in [9.17, 15) is 9.59 Å². The van der Waals surface area contributed by atoms with Crippen LogP contribution in [0.1, 0.15) is 26.7 Å². The van der Waals surface area contributed by atoms with E-state index >= 15 is 0 Å². The number of para-hydroxylation sites is 1. The van der Waals surface area contributed by atoms with Gasteiger partial charge in [0.1, 0.15) is 16.9 Å². The van der Waals surface area contributed by atoms with Gasteiger partial charge in [-0.05, 0) is 63.1 Å². The molecule has 0 heterocycles. The van der Waals surface area contributed by atoms with E-state index in [2.05, 4.69) is 5.32 Å². The summed E-state index contributed by atoms with van der Waals surface area (Å²) in [5.74, 6) is 1.16. The van der Waals surface area contributed by atoms with Crippen LogP contribution < -0.4 is 10.1 Å². The van der Waals surface area contributed by atoms with Crippen molar-refractivity contribution < 1.29 is 14.3 Å². The highest BCUT2D eigenvalue weighted by Crippen LogP contribution is 2.48. The lowest BCUT2D eigenvalue weighted by atomic mass is 10.0. The van der Waals surface area contributed by atoms with E-state index in [1.807, 2.05) is 44.2 Å². The zero-order valence-electron chi connectivity index (χ0n) is 15.2. The molecule has 0 aliphatic heterocycles. The monoisotopic (exact) mass is 352 g/mol. The summed E-state index contributed by atoms with van der Waals surface area (Å²) < 4.78 is 5.74. The first-order chi connectivity index (χ1) is 12.6. The van der Waals surface area contributed by atoms with Crippen molar-refractivity contribution in [1.82, 2.24) is 4.90 Å². The average molecular weight is 352 g/mol. The Morgan fingerprint density at radius 1 is 0.962 bits per heavy atom. The van der Waals surface area contributed by atoms with Crippen molar-refractivity contribution in [2.75, 3.05) is 18.4 Å². The highest BCUT2D eigenvalue weighted by Gasteiger charge is 2.57. The van der Waals surface area contributed by atoms with Gasteiger partial charge in [-0.25, -0.2) is 0 Å². The van der Waals surface area contributed by atoms with Crippen LogP contribution in [0.25, 0.3) is 0 Å². The fourth-order valence-corrected chi connectivity index (χ4v) is 2.96. The molecule has 1 saturated carbocycles. The fourth-order valence-electron chi connectivity index (χ4n) is 2.96. The van der Waals surface area contributed by atoms with Crippen LogP contribution in [0.2, 0.25) is 0 Å². The van der Waals surface area contributed by atoms with Crippen molar-refractivity contribution in [3.8, 4) is 11.5 Å². The van der Waals surface area contributed by atoms with E-state index < -0.39 is 5.41 Å². The standard InChI is InChI=1S/C21H24N2O3/c1-3-23(4-2)20(25)21(14-15-21)19(24)22-16-10-12-18(13-11-16)26-17-8-6-5-7-9-17/h5-13H,3-4,14-15H2,1-2H3,(H,22,24). The molecular formula is C21H24N2O3. The van der Waals surface area contributed by atoms with E-state index in [4.69, 9.17) is 4.74 Å². The first-order valence-corrected chi connectivity index (χ1v) is 9.03. The summed E-state index contributed by atoms with van der Waals surface area (Å²) in [6.45, 7) is 5.10. The molecule has 1 fully saturated rings. The van der Waals surface area contributed by atoms with Crippen LogP contribution in [0.5, 0.6) is 11.5 Å². The molecule has 0 unspecified atom stereocenters. The number of nitrogens with one attached hydrogen (secondary N) is 1. The van der Waals surface area contributed by atoms with Gasteiger partial charge in [-0.3, -0.25) is 9.59 Å². The number of carbonyl (C=O) groups excluding carboxylic acids is 2. The molecule has 1 aliphatic rings. The Balaban J connectivity index is 1.64. The van der Waals surface area contributed by atoms with E-state index in [1.54, 1.807) is 29.2 Å². The Morgan fingerprint density at radius 3 is 2.08 bits per heavy atom. The minimum Gasteiger partial charge on any atom is -0.457 e. The van der Waals surface area contributed by atoms with Gasteiger partial charge < -0.3 is 15.0 Å². The van der Waals surface area contributed by atoms with Gasteiger partial charge in [0.2, 0.25) is 11.8 Å². The van der Waals surface area contributed by atoms with Crippen LogP contribution in [0.3, 0.4) is 0 Å². The third kappa shape index (κ3) is 3.72. The number of amides is 2. The zero-order valence-corrected chi connectivity index (χ0v) is 15.2. The smallest absolute Gasteiger partial charge is 0.240 e. The molecule has 0 saturated heterocycles. The molecule has 5 nitrogen and oxygen atoms in total. The second-order valence-corrected chi connectivity index (χ2v) is 6.45. The predicted molar refractivity (Wildman–Crippen MR) is 101 cm³/mol. The number of hydrogen-bond acceptors (Lipinski definition) is 3. The molecule has 5 heteroatoms. The number of hydrogen-bond donors (Lipinski definition) is 1. The molecule has 136 valence electrons. The van der Waals surface area contributed by atoms with Gasteiger partial charge in [0.25, 0.3) is 0 Å². The molecule has 26 heavy (non-hydrogen) atoms. The molecule has 1 aliphatic carbocycles. The van der Waals surface area contributed by atoms with E-state index in [0.717, 1.165) is 5.75 Å². The lowest BCUT2D eigenvalue weighted by molar-refractivity contribution is -0.141. The van der Waals surface area contributed by atoms with E-state index in [0.29, 0.717) is 37.4 Å². The van der Waals surface area contributed by atoms with Crippen molar-refractivity contribution in [3.63, 3.8) is 0 Å². The van der Waals surface area contributed by atoms with Crippen LogP contribution in [0, 0.1) is 5.41 Å². The summed E-state index contributed by atoms with van der Waals surface area (Å²) in [4.78, 5) is 27.0. The third-order valence-electron chi connectivity index (χ3n) is 4.74. The average Bonchev–Trinajstić information content (AvgIpc) is 3.47. The van der Waals surface area contributed by atoms with Gasteiger partial charge in [0.05, 0.1) is 0 Å². The SMILES string of the molecule is CCN(CC)C(=O)C1(C(=O)Nc2ccc(Oc3ccccc3)cc2)CC1. The Hall–Kier alpha value is -2.82. The molecule has 0 bridgehead atoms. The van der Waals surface area contributed by atoms with E-state index in [1.165, 1.54) is 0 Å². The molecule has 0 spiro atoms. The van der Waals surface area contributed by atoms with Crippen molar-refractivity contribution in [2.24, 2.45) is 5.41 Å². The van der Waals surface area contributed by atoms with Crippen LogP contribution in [-0.2, 0) is 9.59 Å². The summed E-state index contributed by atoms with van der Waals surface area (Å²) in [5.41, 5.74) is -0.223. The van der Waals surface area contributed by atoms with Crippen molar-refractivity contribution in [3.05, 3.63) is 54.6 Å². The molecular weight excluding hydrogens is 328 g/mol. The largest absolute Gasteiger partial charge is 0.457 e. The number of rotatable bonds is 7. The second kappa shape index (κ2) is 7.60. The van der Waals surface area contributed by atoms with Gasteiger partial charge in [-0.2, -0.15) is 0 Å². The van der Waals surface area contributed by atoms with Crippen LogP contribution in [-0.4, -0.2) is 29.8 Å². The Labute approximate surface area is 154 Å². The lowest BCUT2D eigenvalue weighted by Crippen LogP contribution is -2.42. The molecule has 0 atom stereocenters. The number of anilines is 1. The van der Waals surface area contributed by atoms with Gasteiger partial charge >= 0.3 is 0 Å². The number of benzene rings is 2. The van der Waals surface area contributed by atoms with Crippen molar-refractivity contribution >= 4 is 17.5 Å². The zero-order chi connectivity index (χ0) is 18.6. The molecule has 2 aromatic rings. The number of ether oxygens (including phenoxy) is 1. The number of carbonyl (C=O) groups is 2. The van der Waals surface area contributed by atoms with Crippen LogP contribution in [0.15, 0.2) is 54.6 Å². The first kappa shape index (κ1) is 18.0. The summed E-state index contributed by atoms with van der Waals surface area (Å²) in [5, 5.41) is 2.88. The minimum absolute atomic E-state index is 0.0657. The maximum Gasteiger partial charge on any atom is 0.240 e. The molecule has 2 amide bonds. The van der Waals surface area contributed by atoms with Gasteiger partial charge in [-0.1, -0.05) is 18.2 Å². The Morgan fingerprint density at radius 2 is 1.54 bits per heavy atom. The van der Waals surface area contributed by atoms with Gasteiger partial charge in [0.15, 0.2) is 0 Å². The topological polar surface area (TPSA) is 58.6 Å². The summed E-state index contributed by atoms with van der Waals surface area (Å²) in [6.07, 6.45) is 1.23. The third-order valence-corrected chi connectivity index (χ3v) is 4.74. The van der Waals surface area contributed by atoms with Crippen LogP contribution >= 0.6 is 0 Å². The van der Waals surface area contributed by atoms with Crippen LogP contribution in [0.4, 0.5) is 5.69 Å².